The largest absolute Gasteiger partial charge is 0.390 e. The fraction of sp³-hybridized carbons (Fsp3) is 0.278. The second-order valence-corrected chi connectivity index (χ2v) is 7.66. The summed E-state index contributed by atoms with van der Waals surface area (Å²) in [5.41, 5.74) is -0.388. The van der Waals surface area contributed by atoms with Crippen LogP contribution in [0.3, 0.4) is 0 Å². The molecule has 150 valence electrons. The molecular formula is C18H15F4IN2O3. The summed E-state index contributed by atoms with van der Waals surface area (Å²) in [5, 5.41) is 12.0. The van der Waals surface area contributed by atoms with Gasteiger partial charge in [-0.3, -0.25) is 9.63 Å². The first-order valence-corrected chi connectivity index (χ1v) is 9.32. The topological polar surface area (TPSA) is 70.6 Å². The van der Waals surface area contributed by atoms with Crippen molar-refractivity contribution in [3.8, 4) is 0 Å². The van der Waals surface area contributed by atoms with Gasteiger partial charge in [0, 0.05) is 9.99 Å². The summed E-state index contributed by atoms with van der Waals surface area (Å²) in [6.45, 7) is -0.0249. The second kappa shape index (κ2) is 8.21. The summed E-state index contributed by atoms with van der Waals surface area (Å²) in [5.74, 6) is -6.88. The Bertz CT molecular complexity index is 922. The van der Waals surface area contributed by atoms with Crippen LogP contribution in [-0.2, 0) is 4.84 Å². The van der Waals surface area contributed by atoms with E-state index < -0.39 is 46.0 Å². The molecule has 1 amide bonds. The molecule has 0 unspecified atom stereocenters. The Morgan fingerprint density at radius 2 is 1.86 bits per heavy atom. The minimum atomic E-state index is -1.80. The summed E-state index contributed by atoms with van der Waals surface area (Å²) in [6.07, 6.45) is 1.54. The van der Waals surface area contributed by atoms with Crippen LogP contribution in [0.2, 0.25) is 0 Å². The lowest BCUT2D eigenvalue weighted by Gasteiger charge is -2.15. The number of hydroxylamine groups is 1. The Morgan fingerprint density at radius 1 is 1.14 bits per heavy atom. The van der Waals surface area contributed by atoms with Gasteiger partial charge in [-0.2, -0.15) is 0 Å². The number of carbonyl (C=O) groups excluding carboxylic acids is 1. The number of rotatable bonds is 7. The molecule has 28 heavy (non-hydrogen) atoms. The lowest BCUT2D eigenvalue weighted by atomic mass is 10.1. The van der Waals surface area contributed by atoms with E-state index in [2.05, 4.69) is 5.32 Å². The van der Waals surface area contributed by atoms with Gasteiger partial charge in [0.25, 0.3) is 5.91 Å². The van der Waals surface area contributed by atoms with Crippen molar-refractivity contribution in [1.82, 2.24) is 5.48 Å². The molecule has 0 aliphatic heterocycles. The molecule has 1 aliphatic rings. The van der Waals surface area contributed by atoms with Gasteiger partial charge in [-0.15, -0.1) is 0 Å². The highest BCUT2D eigenvalue weighted by Crippen LogP contribution is 2.38. The van der Waals surface area contributed by atoms with Gasteiger partial charge < -0.3 is 10.4 Å². The highest BCUT2D eigenvalue weighted by molar-refractivity contribution is 14.1. The predicted molar refractivity (Wildman–Crippen MR) is 101 cm³/mol. The highest BCUT2D eigenvalue weighted by atomic mass is 127. The van der Waals surface area contributed by atoms with E-state index >= 15 is 0 Å². The third-order valence-electron chi connectivity index (χ3n) is 4.26. The van der Waals surface area contributed by atoms with Crippen molar-refractivity contribution < 1.29 is 32.3 Å². The van der Waals surface area contributed by atoms with E-state index in [0.29, 0.717) is 22.5 Å². The minimum Gasteiger partial charge on any atom is -0.390 e. The normalized spacial score (nSPS) is 14.6. The van der Waals surface area contributed by atoms with Gasteiger partial charge in [-0.1, -0.05) is 0 Å². The first-order chi connectivity index (χ1) is 13.2. The molecule has 2 aromatic rings. The fourth-order valence-corrected chi connectivity index (χ4v) is 2.88. The average Bonchev–Trinajstić information content (AvgIpc) is 3.38. The van der Waals surface area contributed by atoms with Crippen LogP contribution in [0, 0.1) is 26.8 Å². The third-order valence-corrected chi connectivity index (χ3v) is 4.93. The smallest absolute Gasteiger partial charge is 0.277 e. The molecule has 1 aliphatic carbocycles. The van der Waals surface area contributed by atoms with E-state index in [1.54, 1.807) is 0 Å². The van der Waals surface area contributed by atoms with Crippen LogP contribution in [0.1, 0.15) is 29.6 Å². The molecule has 5 nitrogen and oxygen atoms in total. The van der Waals surface area contributed by atoms with Gasteiger partial charge in [-0.05, 0) is 59.7 Å². The van der Waals surface area contributed by atoms with Gasteiger partial charge in [0.05, 0.1) is 29.1 Å². The number of aliphatic hydroxyl groups is 1. The zero-order valence-electron chi connectivity index (χ0n) is 14.3. The number of carbonyl (C=O) groups is 1. The zero-order chi connectivity index (χ0) is 20.5. The maximum Gasteiger partial charge on any atom is 0.277 e. The number of halogens is 5. The Labute approximate surface area is 171 Å². The molecule has 0 radical (unpaired) electrons. The predicted octanol–water partition coefficient (Wildman–Crippen LogP) is 4.17. The van der Waals surface area contributed by atoms with E-state index in [4.69, 9.17) is 4.84 Å². The zero-order valence-corrected chi connectivity index (χ0v) is 16.4. The maximum absolute atomic E-state index is 14.3. The lowest BCUT2D eigenvalue weighted by molar-refractivity contribution is 0.0120. The molecule has 0 aromatic heterocycles. The minimum absolute atomic E-state index is 0.0249. The SMILES string of the molecule is O=C(NOCCC1(O)CC1)c1cc(F)c(F)c(F)c1Nc1ccc(I)cc1F. The molecule has 0 heterocycles. The van der Waals surface area contributed by atoms with Crippen molar-refractivity contribution in [3.63, 3.8) is 0 Å². The fourth-order valence-electron chi connectivity index (χ4n) is 2.43. The van der Waals surface area contributed by atoms with Crippen LogP contribution in [0.4, 0.5) is 28.9 Å². The van der Waals surface area contributed by atoms with Crippen LogP contribution in [0.15, 0.2) is 24.3 Å². The van der Waals surface area contributed by atoms with Crippen LogP contribution in [-0.4, -0.2) is 23.2 Å². The Kier molecular flexibility index (Phi) is 6.10. The number of hydrogen-bond donors (Lipinski definition) is 3. The summed E-state index contributed by atoms with van der Waals surface area (Å²) in [6, 6.07) is 4.41. The first-order valence-electron chi connectivity index (χ1n) is 8.24. The highest BCUT2D eigenvalue weighted by Gasteiger charge is 2.39. The van der Waals surface area contributed by atoms with E-state index in [9.17, 15) is 27.5 Å². The summed E-state index contributed by atoms with van der Waals surface area (Å²) in [7, 11) is 0. The molecule has 10 heteroatoms. The van der Waals surface area contributed by atoms with E-state index in [-0.39, 0.29) is 18.7 Å². The number of nitrogens with one attached hydrogen (secondary N) is 2. The van der Waals surface area contributed by atoms with Gasteiger partial charge in [-0.25, -0.2) is 23.0 Å². The maximum atomic E-state index is 14.3. The molecule has 3 rings (SSSR count). The number of anilines is 2. The molecule has 0 spiro atoms. The van der Waals surface area contributed by atoms with Crippen molar-refractivity contribution in [2.24, 2.45) is 0 Å². The van der Waals surface area contributed by atoms with Crippen molar-refractivity contribution in [2.45, 2.75) is 24.9 Å². The Balaban J connectivity index is 1.81. The molecular weight excluding hydrogens is 495 g/mol. The van der Waals surface area contributed by atoms with Gasteiger partial charge in [0.2, 0.25) is 0 Å². The summed E-state index contributed by atoms with van der Waals surface area (Å²) >= 11 is 1.87. The molecule has 2 aromatic carbocycles. The molecule has 0 bridgehead atoms. The lowest BCUT2D eigenvalue weighted by Crippen LogP contribution is -2.27. The quantitative estimate of drug-likeness (QED) is 0.172. The number of hydrogen-bond acceptors (Lipinski definition) is 4. The van der Waals surface area contributed by atoms with Gasteiger partial charge in [0.1, 0.15) is 5.82 Å². The van der Waals surface area contributed by atoms with E-state index in [1.807, 2.05) is 28.1 Å². The summed E-state index contributed by atoms with van der Waals surface area (Å²) < 4.78 is 56.2. The summed E-state index contributed by atoms with van der Waals surface area (Å²) in [4.78, 5) is 17.2. The van der Waals surface area contributed by atoms with E-state index in [1.165, 1.54) is 12.1 Å². The molecule has 1 fully saturated rings. The Morgan fingerprint density at radius 3 is 2.50 bits per heavy atom. The average molecular weight is 510 g/mol. The van der Waals surface area contributed by atoms with Gasteiger partial charge >= 0.3 is 0 Å². The van der Waals surface area contributed by atoms with Crippen molar-refractivity contribution in [2.75, 3.05) is 11.9 Å². The second-order valence-electron chi connectivity index (χ2n) is 6.41. The van der Waals surface area contributed by atoms with Crippen LogP contribution in [0.25, 0.3) is 0 Å². The van der Waals surface area contributed by atoms with Crippen molar-refractivity contribution in [3.05, 3.63) is 56.7 Å². The molecule has 0 saturated heterocycles. The molecule has 0 atom stereocenters. The van der Waals surface area contributed by atoms with Gasteiger partial charge in [0.15, 0.2) is 17.5 Å². The van der Waals surface area contributed by atoms with Crippen molar-refractivity contribution in [1.29, 1.82) is 0 Å². The monoisotopic (exact) mass is 510 g/mol. The molecule has 1 saturated carbocycles. The van der Waals surface area contributed by atoms with Crippen LogP contribution >= 0.6 is 22.6 Å². The Hall–Kier alpha value is -1.92. The van der Waals surface area contributed by atoms with Crippen molar-refractivity contribution >= 4 is 39.9 Å². The number of amides is 1. The third kappa shape index (κ3) is 4.73. The number of benzene rings is 2. The standard InChI is InChI=1S/C18H15F4IN2O3/c19-11-7-9(23)1-2-13(11)24-16-10(8-12(20)14(21)15(16)22)17(26)25-28-6-5-18(27)3-4-18/h1-2,7-8,24,27H,3-6H2,(H,25,26). The first kappa shape index (κ1) is 20.8. The molecule has 3 N–H and O–H groups in total. The van der Waals surface area contributed by atoms with E-state index in [0.717, 1.165) is 6.07 Å². The van der Waals surface area contributed by atoms with Crippen LogP contribution < -0.4 is 10.8 Å². The van der Waals surface area contributed by atoms with Crippen LogP contribution in [0.5, 0.6) is 0 Å².